The fourth-order valence-electron chi connectivity index (χ4n) is 3.22. The van der Waals surface area contributed by atoms with Crippen LogP contribution in [0, 0.1) is 0 Å². The zero-order valence-electron chi connectivity index (χ0n) is 14.0. The summed E-state index contributed by atoms with van der Waals surface area (Å²) in [5.41, 5.74) is 1.26. The topological polar surface area (TPSA) is 81.5 Å². The molecule has 130 valence electrons. The summed E-state index contributed by atoms with van der Waals surface area (Å²) in [4.78, 5) is 14.4. The highest BCUT2D eigenvalue weighted by Crippen LogP contribution is 2.26. The van der Waals surface area contributed by atoms with Crippen molar-refractivity contribution in [2.45, 2.75) is 18.1 Å². The normalized spacial score (nSPS) is 16.5. The van der Waals surface area contributed by atoms with Crippen LogP contribution < -0.4 is 4.74 Å². The Morgan fingerprint density at radius 3 is 2.54 bits per heavy atom. The maximum absolute atomic E-state index is 12.7. The number of carbonyl (C=O) groups is 1. The van der Waals surface area contributed by atoms with Crippen LogP contribution in [-0.4, -0.2) is 60.7 Å². The molecule has 0 radical (unpaired) electrons. The predicted octanol–water partition coefficient (Wildman–Crippen LogP) is 1.23. The van der Waals surface area contributed by atoms with Crippen molar-refractivity contribution in [3.8, 4) is 5.88 Å². The van der Waals surface area contributed by atoms with Crippen LogP contribution in [0.15, 0.2) is 18.2 Å². The highest BCUT2D eigenvalue weighted by atomic mass is 32.2. The third-order valence-electron chi connectivity index (χ3n) is 4.55. The Hall–Kier alpha value is -2.09. The number of amides is 1. The van der Waals surface area contributed by atoms with Gasteiger partial charge in [0.25, 0.3) is 5.91 Å². The van der Waals surface area contributed by atoms with Crippen LogP contribution in [0.5, 0.6) is 5.88 Å². The molecule has 1 fully saturated rings. The van der Waals surface area contributed by atoms with Crippen LogP contribution >= 0.6 is 0 Å². The van der Waals surface area contributed by atoms with Gasteiger partial charge in [-0.3, -0.25) is 4.79 Å². The van der Waals surface area contributed by atoms with E-state index < -0.39 is 9.84 Å². The number of nitrogens with zero attached hydrogens (tertiary/aromatic N) is 3. The van der Waals surface area contributed by atoms with Gasteiger partial charge in [0.2, 0.25) is 5.88 Å². The third kappa shape index (κ3) is 2.98. The lowest BCUT2D eigenvalue weighted by Gasteiger charge is -2.31. The fraction of sp³-hybridized carbons (Fsp3) is 0.500. The molecule has 3 rings (SSSR count). The van der Waals surface area contributed by atoms with Gasteiger partial charge in [-0.2, -0.15) is 5.10 Å². The largest absolute Gasteiger partial charge is 0.481 e. The van der Waals surface area contributed by atoms with Gasteiger partial charge in [-0.1, -0.05) is 0 Å². The molecule has 24 heavy (non-hydrogen) atoms. The summed E-state index contributed by atoms with van der Waals surface area (Å²) in [6.45, 7) is 0.917. The fourth-order valence-corrected chi connectivity index (χ4v) is 4.29. The lowest BCUT2D eigenvalue weighted by molar-refractivity contribution is 0.0726. The number of piperidine rings is 1. The molecule has 8 heteroatoms. The maximum Gasteiger partial charge on any atom is 0.253 e. The number of methoxy groups -OCH3 is 1. The molecular formula is C16H21N3O4S. The molecule has 0 saturated carbocycles. The SMILES string of the molecule is COc1c2ccc(C(=O)N3CCC(S(C)(=O)=O)CC3)cc2nn1C. The summed E-state index contributed by atoms with van der Waals surface area (Å²) < 4.78 is 30.2. The van der Waals surface area contributed by atoms with Gasteiger partial charge in [0, 0.05) is 32.0 Å². The minimum atomic E-state index is -3.04. The molecule has 0 N–H and O–H groups in total. The molecule has 0 aliphatic carbocycles. The van der Waals surface area contributed by atoms with Crippen molar-refractivity contribution in [1.29, 1.82) is 0 Å². The molecule has 0 unspecified atom stereocenters. The first-order valence-electron chi connectivity index (χ1n) is 7.80. The number of sulfone groups is 1. The number of ether oxygens (including phenoxy) is 1. The highest BCUT2D eigenvalue weighted by molar-refractivity contribution is 7.91. The van der Waals surface area contributed by atoms with Crippen molar-refractivity contribution in [3.63, 3.8) is 0 Å². The number of aryl methyl sites for hydroxylation is 1. The number of hydrogen-bond donors (Lipinski definition) is 0. The molecule has 2 heterocycles. The number of rotatable bonds is 3. The second-order valence-electron chi connectivity index (χ2n) is 6.19. The smallest absolute Gasteiger partial charge is 0.253 e. The molecule has 1 aliphatic rings. The zero-order valence-corrected chi connectivity index (χ0v) is 14.8. The molecule has 1 saturated heterocycles. The van der Waals surface area contributed by atoms with E-state index in [2.05, 4.69) is 5.10 Å². The standard InChI is InChI=1S/C16H21N3O4S/c1-18-16(23-2)13-5-4-11(10-14(13)17-18)15(20)19-8-6-12(7-9-19)24(3,21)22/h4-5,10,12H,6-9H2,1-3H3. The maximum atomic E-state index is 12.7. The Bertz CT molecular complexity index is 880. The van der Waals surface area contributed by atoms with Gasteiger partial charge < -0.3 is 9.64 Å². The summed E-state index contributed by atoms with van der Waals surface area (Å²) in [7, 11) is 0.335. The molecule has 0 spiro atoms. The van der Waals surface area contributed by atoms with Crippen LogP contribution in [0.1, 0.15) is 23.2 Å². The Morgan fingerprint density at radius 1 is 1.29 bits per heavy atom. The minimum absolute atomic E-state index is 0.0894. The number of carbonyl (C=O) groups excluding carboxylic acids is 1. The first kappa shape index (κ1) is 16.8. The Labute approximate surface area is 141 Å². The number of hydrogen-bond acceptors (Lipinski definition) is 5. The van der Waals surface area contributed by atoms with Crippen molar-refractivity contribution in [1.82, 2.24) is 14.7 Å². The van der Waals surface area contributed by atoms with E-state index in [9.17, 15) is 13.2 Å². The summed E-state index contributed by atoms with van der Waals surface area (Å²) in [5, 5.41) is 4.87. The molecular weight excluding hydrogens is 330 g/mol. The number of aromatic nitrogens is 2. The molecule has 0 atom stereocenters. The summed E-state index contributed by atoms with van der Waals surface area (Å²) in [5.74, 6) is 0.562. The summed E-state index contributed by atoms with van der Waals surface area (Å²) in [6.07, 6.45) is 2.24. The van der Waals surface area contributed by atoms with E-state index in [4.69, 9.17) is 4.74 Å². The van der Waals surface area contributed by atoms with E-state index >= 15 is 0 Å². The summed E-state index contributed by atoms with van der Waals surface area (Å²) in [6, 6.07) is 5.35. The number of benzene rings is 1. The van der Waals surface area contributed by atoms with Crippen molar-refractivity contribution in [2.24, 2.45) is 7.05 Å². The number of likely N-dealkylation sites (tertiary alicyclic amines) is 1. The molecule has 1 amide bonds. The van der Waals surface area contributed by atoms with E-state index in [1.807, 2.05) is 6.07 Å². The Morgan fingerprint density at radius 2 is 1.96 bits per heavy atom. The average molecular weight is 351 g/mol. The molecule has 2 aromatic rings. The third-order valence-corrected chi connectivity index (χ3v) is 6.24. The van der Waals surface area contributed by atoms with Gasteiger partial charge in [0.05, 0.1) is 23.3 Å². The highest BCUT2D eigenvalue weighted by Gasteiger charge is 2.29. The van der Waals surface area contributed by atoms with E-state index in [0.717, 1.165) is 5.39 Å². The van der Waals surface area contributed by atoms with Crippen molar-refractivity contribution in [3.05, 3.63) is 23.8 Å². The van der Waals surface area contributed by atoms with Crippen LogP contribution in [0.25, 0.3) is 10.9 Å². The molecule has 1 aromatic heterocycles. The first-order valence-corrected chi connectivity index (χ1v) is 9.75. The molecule has 0 bridgehead atoms. The van der Waals surface area contributed by atoms with Gasteiger partial charge in [-0.15, -0.1) is 0 Å². The van der Waals surface area contributed by atoms with Crippen molar-refractivity contribution < 1.29 is 17.9 Å². The second-order valence-corrected chi connectivity index (χ2v) is 8.51. The lowest BCUT2D eigenvalue weighted by atomic mass is 10.1. The quantitative estimate of drug-likeness (QED) is 0.831. The van der Waals surface area contributed by atoms with E-state index in [1.165, 1.54) is 6.26 Å². The molecule has 7 nitrogen and oxygen atoms in total. The Kier molecular flexibility index (Phi) is 4.25. The van der Waals surface area contributed by atoms with Gasteiger partial charge in [0.1, 0.15) is 9.84 Å². The minimum Gasteiger partial charge on any atom is -0.481 e. The van der Waals surface area contributed by atoms with E-state index in [-0.39, 0.29) is 11.2 Å². The van der Waals surface area contributed by atoms with Crippen LogP contribution in [-0.2, 0) is 16.9 Å². The predicted molar refractivity (Wildman–Crippen MR) is 91.0 cm³/mol. The van der Waals surface area contributed by atoms with Crippen LogP contribution in [0.4, 0.5) is 0 Å². The van der Waals surface area contributed by atoms with Gasteiger partial charge in [0.15, 0.2) is 0 Å². The summed E-state index contributed by atoms with van der Waals surface area (Å²) >= 11 is 0. The molecule has 1 aromatic carbocycles. The van der Waals surface area contributed by atoms with Gasteiger partial charge in [-0.25, -0.2) is 13.1 Å². The molecule has 1 aliphatic heterocycles. The van der Waals surface area contributed by atoms with Crippen molar-refractivity contribution >= 4 is 26.6 Å². The van der Waals surface area contributed by atoms with Crippen LogP contribution in [0.3, 0.4) is 0 Å². The van der Waals surface area contributed by atoms with E-state index in [1.54, 1.807) is 35.9 Å². The van der Waals surface area contributed by atoms with Crippen LogP contribution in [0.2, 0.25) is 0 Å². The monoisotopic (exact) mass is 351 g/mol. The van der Waals surface area contributed by atoms with Crippen molar-refractivity contribution in [2.75, 3.05) is 26.5 Å². The second kappa shape index (κ2) is 6.08. The van der Waals surface area contributed by atoms with E-state index in [0.29, 0.717) is 42.9 Å². The average Bonchev–Trinajstić information content (AvgIpc) is 2.87. The lowest BCUT2D eigenvalue weighted by Crippen LogP contribution is -2.42. The number of fused-ring (bicyclic) bond motifs is 1. The zero-order chi connectivity index (χ0) is 17.5. The van der Waals surface area contributed by atoms with Gasteiger partial charge >= 0.3 is 0 Å². The first-order chi connectivity index (χ1) is 11.3. The Balaban J connectivity index is 1.80. The van der Waals surface area contributed by atoms with Gasteiger partial charge in [-0.05, 0) is 31.0 Å².